The summed E-state index contributed by atoms with van der Waals surface area (Å²) in [5.41, 5.74) is 3.56. The van der Waals surface area contributed by atoms with Crippen LogP contribution in [0.25, 0.3) is 0 Å². The Morgan fingerprint density at radius 1 is 1.31 bits per heavy atom. The number of benzene rings is 1. The van der Waals surface area contributed by atoms with Crippen molar-refractivity contribution in [3.8, 4) is 0 Å². The molecule has 0 aliphatic rings. The molecular formula is C13H14N2O. The van der Waals surface area contributed by atoms with Crippen LogP contribution < -0.4 is 0 Å². The van der Waals surface area contributed by atoms with Crippen LogP contribution in [0, 0.1) is 13.8 Å². The minimum Gasteiger partial charge on any atom is -0.288 e. The normalized spacial score (nSPS) is 10.4. The molecule has 0 fully saturated rings. The Morgan fingerprint density at radius 3 is 2.62 bits per heavy atom. The number of carbonyl (C=O) groups is 1. The molecule has 2 rings (SSSR count). The summed E-state index contributed by atoms with van der Waals surface area (Å²) in [4.78, 5) is 12.1. The molecule has 0 radical (unpaired) electrons. The molecule has 0 N–H and O–H groups in total. The van der Waals surface area contributed by atoms with Gasteiger partial charge in [0, 0.05) is 18.8 Å². The average molecular weight is 214 g/mol. The van der Waals surface area contributed by atoms with Crippen molar-refractivity contribution in [2.75, 3.05) is 0 Å². The van der Waals surface area contributed by atoms with Gasteiger partial charge in [-0.2, -0.15) is 5.10 Å². The monoisotopic (exact) mass is 214 g/mol. The first kappa shape index (κ1) is 10.6. The van der Waals surface area contributed by atoms with Crippen LogP contribution in [-0.2, 0) is 7.05 Å². The standard InChI is InChI=1S/C13H14N2O/c1-9-4-5-12(10(2)6-9)13(16)11-7-14-15(3)8-11/h4-8H,1-3H3. The zero-order chi connectivity index (χ0) is 11.7. The van der Waals surface area contributed by atoms with Gasteiger partial charge in [0.25, 0.3) is 0 Å². The first-order valence-electron chi connectivity index (χ1n) is 5.18. The van der Waals surface area contributed by atoms with Gasteiger partial charge in [0.1, 0.15) is 0 Å². The fourth-order valence-electron chi connectivity index (χ4n) is 1.76. The Bertz CT molecular complexity index is 541. The summed E-state index contributed by atoms with van der Waals surface area (Å²) >= 11 is 0. The molecule has 3 heteroatoms. The number of hydrogen-bond donors (Lipinski definition) is 0. The lowest BCUT2D eigenvalue weighted by atomic mass is 9.99. The molecule has 0 spiro atoms. The van der Waals surface area contributed by atoms with E-state index in [0.29, 0.717) is 5.56 Å². The number of carbonyl (C=O) groups excluding carboxylic acids is 1. The first-order chi connectivity index (χ1) is 7.58. The van der Waals surface area contributed by atoms with Crippen LogP contribution in [0.5, 0.6) is 0 Å². The molecule has 0 saturated carbocycles. The van der Waals surface area contributed by atoms with Crippen molar-refractivity contribution in [1.82, 2.24) is 9.78 Å². The molecule has 1 heterocycles. The summed E-state index contributed by atoms with van der Waals surface area (Å²) in [5.74, 6) is 0.0330. The maximum absolute atomic E-state index is 12.1. The molecule has 1 aromatic carbocycles. The fraction of sp³-hybridized carbons (Fsp3) is 0.231. The fourth-order valence-corrected chi connectivity index (χ4v) is 1.76. The SMILES string of the molecule is Cc1ccc(C(=O)c2cnn(C)c2)c(C)c1. The molecule has 0 amide bonds. The van der Waals surface area contributed by atoms with E-state index in [0.717, 1.165) is 11.1 Å². The van der Waals surface area contributed by atoms with E-state index in [-0.39, 0.29) is 5.78 Å². The van der Waals surface area contributed by atoms with Gasteiger partial charge in [-0.15, -0.1) is 0 Å². The van der Waals surface area contributed by atoms with Gasteiger partial charge in [0.15, 0.2) is 5.78 Å². The molecule has 0 bridgehead atoms. The Morgan fingerprint density at radius 2 is 2.06 bits per heavy atom. The maximum Gasteiger partial charge on any atom is 0.196 e. The van der Waals surface area contributed by atoms with Crippen molar-refractivity contribution >= 4 is 5.78 Å². The van der Waals surface area contributed by atoms with Crippen molar-refractivity contribution in [1.29, 1.82) is 0 Å². The van der Waals surface area contributed by atoms with Crippen molar-refractivity contribution < 1.29 is 4.79 Å². The molecule has 1 aromatic heterocycles. The second-order valence-corrected chi connectivity index (χ2v) is 4.05. The van der Waals surface area contributed by atoms with Crippen LogP contribution in [-0.4, -0.2) is 15.6 Å². The zero-order valence-corrected chi connectivity index (χ0v) is 9.69. The highest BCUT2D eigenvalue weighted by Crippen LogP contribution is 2.15. The summed E-state index contributed by atoms with van der Waals surface area (Å²) < 4.78 is 1.64. The van der Waals surface area contributed by atoms with Crippen LogP contribution in [0.2, 0.25) is 0 Å². The topological polar surface area (TPSA) is 34.9 Å². The van der Waals surface area contributed by atoms with Gasteiger partial charge in [-0.05, 0) is 19.4 Å². The van der Waals surface area contributed by atoms with E-state index in [1.807, 2.05) is 32.0 Å². The highest BCUT2D eigenvalue weighted by Gasteiger charge is 2.12. The van der Waals surface area contributed by atoms with Crippen molar-refractivity contribution in [3.05, 3.63) is 52.8 Å². The molecule has 16 heavy (non-hydrogen) atoms. The van der Waals surface area contributed by atoms with Crippen molar-refractivity contribution in [2.24, 2.45) is 7.05 Å². The van der Waals surface area contributed by atoms with E-state index in [4.69, 9.17) is 0 Å². The third kappa shape index (κ3) is 1.89. The summed E-state index contributed by atoms with van der Waals surface area (Å²) in [7, 11) is 1.80. The van der Waals surface area contributed by atoms with Gasteiger partial charge in [-0.1, -0.05) is 23.8 Å². The van der Waals surface area contributed by atoms with E-state index >= 15 is 0 Å². The van der Waals surface area contributed by atoms with Crippen LogP contribution in [0.15, 0.2) is 30.6 Å². The van der Waals surface area contributed by atoms with Crippen molar-refractivity contribution in [3.63, 3.8) is 0 Å². The number of ketones is 1. The molecule has 82 valence electrons. The van der Waals surface area contributed by atoms with E-state index in [2.05, 4.69) is 5.10 Å². The summed E-state index contributed by atoms with van der Waals surface area (Å²) in [6.45, 7) is 3.97. The van der Waals surface area contributed by atoms with E-state index < -0.39 is 0 Å². The lowest BCUT2D eigenvalue weighted by molar-refractivity contribution is 0.103. The second-order valence-electron chi connectivity index (χ2n) is 4.05. The average Bonchev–Trinajstić information content (AvgIpc) is 2.64. The quantitative estimate of drug-likeness (QED) is 0.719. The van der Waals surface area contributed by atoms with E-state index in [1.54, 1.807) is 24.1 Å². The second kappa shape index (κ2) is 3.93. The van der Waals surface area contributed by atoms with E-state index in [1.165, 1.54) is 5.56 Å². The number of nitrogens with zero attached hydrogens (tertiary/aromatic N) is 2. The molecule has 0 atom stereocenters. The number of aryl methyl sites for hydroxylation is 3. The van der Waals surface area contributed by atoms with Gasteiger partial charge in [0.05, 0.1) is 11.8 Å². The van der Waals surface area contributed by atoms with E-state index in [9.17, 15) is 4.79 Å². The molecule has 0 saturated heterocycles. The summed E-state index contributed by atoms with van der Waals surface area (Å²) in [5, 5.41) is 4.01. The highest BCUT2D eigenvalue weighted by molar-refractivity contribution is 6.09. The Hall–Kier alpha value is -1.90. The largest absolute Gasteiger partial charge is 0.288 e. The van der Waals surface area contributed by atoms with Crippen LogP contribution in [0.3, 0.4) is 0 Å². The Labute approximate surface area is 94.7 Å². The van der Waals surface area contributed by atoms with Gasteiger partial charge < -0.3 is 0 Å². The molecule has 3 nitrogen and oxygen atoms in total. The first-order valence-corrected chi connectivity index (χ1v) is 5.18. The highest BCUT2D eigenvalue weighted by atomic mass is 16.1. The number of rotatable bonds is 2. The van der Waals surface area contributed by atoms with Crippen LogP contribution in [0.1, 0.15) is 27.0 Å². The maximum atomic E-state index is 12.1. The van der Waals surface area contributed by atoms with Gasteiger partial charge in [-0.25, -0.2) is 0 Å². The summed E-state index contributed by atoms with van der Waals surface area (Å²) in [6, 6.07) is 5.85. The smallest absolute Gasteiger partial charge is 0.196 e. The van der Waals surface area contributed by atoms with Crippen LogP contribution in [0.4, 0.5) is 0 Å². The molecule has 0 aliphatic heterocycles. The third-order valence-corrected chi connectivity index (χ3v) is 2.59. The molecule has 2 aromatic rings. The molecule has 0 unspecified atom stereocenters. The predicted octanol–water partition coefficient (Wildman–Crippen LogP) is 2.27. The lowest BCUT2D eigenvalue weighted by Gasteiger charge is -2.04. The zero-order valence-electron chi connectivity index (χ0n) is 9.69. The minimum absolute atomic E-state index is 0.0330. The van der Waals surface area contributed by atoms with Gasteiger partial charge >= 0.3 is 0 Å². The Balaban J connectivity index is 2.41. The molecular weight excluding hydrogens is 200 g/mol. The number of aromatic nitrogens is 2. The van der Waals surface area contributed by atoms with Crippen molar-refractivity contribution in [2.45, 2.75) is 13.8 Å². The van der Waals surface area contributed by atoms with Gasteiger partial charge in [-0.3, -0.25) is 9.48 Å². The molecule has 0 aliphatic carbocycles. The minimum atomic E-state index is 0.0330. The number of hydrogen-bond acceptors (Lipinski definition) is 2. The Kier molecular flexibility index (Phi) is 2.60. The lowest BCUT2D eigenvalue weighted by Crippen LogP contribution is -2.02. The van der Waals surface area contributed by atoms with Crippen LogP contribution >= 0.6 is 0 Å². The summed E-state index contributed by atoms with van der Waals surface area (Å²) in [6.07, 6.45) is 3.34. The predicted molar refractivity (Wildman–Crippen MR) is 62.6 cm³/mol. The van der Waals surface area contributed by atoms with Gasteiger partial charge in [0.2, 0.25) is 0 Å². The third-order valence-electron chi connectivity index (χ3n) is 2.59.